The van der Waals surface area contributed by atoms with Crippen LogP contribution in [0.2, 0.25) is 0 Å². The first-order valence-corrected chi connectivity index (χ1v) is 9.52. The van der Waals surface area contributed by atoms with E-state index in [1.807, 2.05) is 23.6 Å². The Morgan fingerprint density at radius 1 is 1.04 bits per heavy atom. The third kappa shape index (κ3) is 4.89. The van der Waals surface area contributed by atoms with Crippen molar-refractivity contribution in [2.75, 3.05) is 5.32 Å². The number of thioether (sulfide) groups is 1. The standard InChI is InChI=1S/C19H14F3NOS2/c20-19(21,22)14-3-1-4-16(11-14)26-12-13-6-8-15(9-7-13)23-18(24)17-5-2-10-25-17/h1-11H,12H2,(H,23,24). The molecule has 134 valence electrons. The molecular formula is C19H14F3NOS2. The molecule has 7 heteroatoms. The van der Waals surface area contributed by atoms with Gasteiger partial charge in [0, 0.05) is 16.3 Å². The summed E-state index contributed by atoms with van der Waals surface area (Å²) in [5, 5.41) is 4.65. The van der Waals surface area contributed by atoms with Crippen molar-refractivity contribution >= 4 is 34.7 Å². The van der Waals surface area contributed by atoms with Gasteiger partial charge in [0.1, 0.15) is 0 Å². The minimum absolute atomic E-state index is 0.161. The maximum atomic E-state index is 12.7. The Morgan fingerprint density at radius 3 is 2.46 bits per heavy atom. The Labute approximate surface area is 157 Å². The number of hydrogen-bond donors (Lipinski definition) is 1. The van der Waals surface area contributed by atoms with Crippen molar-refractivity contribution in [3.05, 3.63) is 82.0 Å². The molecule has 1 N–H and O–H groups in total. The van der Waals surface area contributed by atoms with Crippen molar-refractivity contribution in [3.8, 4) is 0 Å². The minimum Gasteiger partial charge on any atom is -0.321 e. The van der Waals surface area contributed by atoms with Gasteiger partial charge in [0.2, 0.25) is 0 Å². The molecule has 0 saturated heterocycles. The first kappa shape index (κ1) is 18.5. The zero-order valence-corrected chi connectivity index (χ0v) is 15.0. The van der Waals surface area contributed by atoms with E-state index in [9.17, 15) is 18.0 Å². The first-order chi connectivity index (χ1) is 12.4. The highest BCUT2D eigenvalue weighted by molar-refractivity contribution is 7.98. The van der Waals surface area contributed by atoms with Crippen molar-refractivity contribution in [1.82, 2.24) is 0 Å². The maximum absolute atomic E-state index is 12.7. The summed E-state index contributed by atoms with van der Waals surface area (Å²) in [6.07, 6.45) is -4.33. The first-order valence-electron chi connectivity index (χ1n) is 7.66. The molecule has 0 bridgehead atoms. The van der Waals surface area contributed by atoms with E-state index in [2.05, 4.69) is 5.32 Å². The molecule has 0 aliphatic carbocycles. The number of halogens is 3. The van der Waals surface area contributed by atoms with E-state index >= 15 is 0 Å². The van der Waals surface area contributed by atoms with Gasteiger partial charge in [-0.3, -0.25) is 4.79 Å². The van der Waals surface area contributed by atoms with E-state index in [4.69, 9.17) is 0 Å². The Hall–Kier alpha value is -2.25. The van der Waals surface area contributed by atoms with Gasteiger partial charge in [-0.15, -0.1) is 23.1 Å². The minimum atomic E-state index is -4.33. The topological polar surface area (TPSA) is 29.1 Å². The second-order valence-electron chi connectivity index (χ2n) is 5.44. The normalized spacial score (nSPS) is 11.3. The highest BCUT2D eigenvalue weighted by atomic mass is 32.2. The number of anilines is 1. The lowest BCUT2D eigenvalue weighted by Gasteiger charge is -2.09. The van der Waals surface area contributed by atoms with Crippen LogP contribution >= 0.6 is 23.1 Å². The number of nitrogens with one attached hydrogen (secondary N) is 1. The maximum Gasteiger partial charge on any atom is 0.416 e. The summed E-state index contributed by atoms with van der Waals surface area (Å²) in [5.41, 5.74) is 0.992. The molecule has 0 atom stereocenters. The molecule has 0 aliphatic heterocycles. The van der Waals surface area contributed by atoms with Crippen LogP contribution in [0.3, 0.4) is 0 Å². The molecule has 3 rings (SSSR count). The van der Waals surface area contributed by atoms with Crippen LogP contribution in [0, 0.1) is 0 Å². The number of rotatable bonds is 5. The van der Waals surface area contributed by atoms with Crippen LogP contribution in [0.25, 0.3) is 0 Å². The molecular weight excluding hydrogens is 379 g/mol. The van der Waals surface area contributed by atoms with E-state index in [1.54, 1.807) is 24.3 Å². The van der Waals surface area contributed by atoms with Gasteiger partial charge in [-0.05, 0) is 47.3 Å². The highest BCUT2D eigenvalue weighted by Crippen LogP contribution is 2.32. The van der Waals surface area contributed by atoms with Gasteiger partial charge >= 0.3 is 6.18 Å². The Kier molecular flexibility index (Phi) is 5.68. The summed E-state index contributed by atoms with van der Waals surface area (Å²) in [7, 11) is 0. The van der Waals surface area contributed by atoms with Gasteiger partial charge in [0.15, 0.2) is 0 Å². The van der Waals surface area contributed by atoms with Gasteiger partial charge < -0.3 is 5.32 Å². The fourth-order valence-corrected chi connectivity index (χ4v) is 3.74. The summed E-state index contributed by atoms with van der Waals surface area (Å²) < 4.78 is 38.2. The number of carbonyl (C=O) groups is 1. The highest BCUT2D eigenvalue weighted by Gasteiger charge is 2.30. The molecule has 2 nitrogen and oxygen atoms in total. The third-order valence-electron chi connectivity index (χ3n) is 3.52. The largest absolute Gasteiger partial charge is 0.416 e. The van der Waals surface area contributed by atoms with E-state index in [0.29, 0.717) is 21.2 Å². The molecule has 26 heavy (non-hydrogen) atoms. The van der Waals surface area contributed by atoms with E-state index in [0.717, 1.165) is 17.7 Å². The SMILES string of the molecule is O=C(Nc1ccc(CSc2cccc(C(F)(F)F)c2)cc1)c1cccs1. The quantitative estimate of drug-likeness (QED) is 0.515. The van der Waals surface area contributed by atoms with Crippen molar-refractivity contribution in [2.24, 2.45) is 0 Å². The van der Waals surface area contributed by atoms with Crippen LogP contribution in [-0.2, 0) is 11.9 Å². The van der Waals surface area contributed by atoms with E-state index in [-0.39, 0.29) is 5.91 Å². The van der Waals surface area contributed by atoms with Crippen molar-refractivity contribution < 1.29 is 18.0 Å². The lowest BCUT2D eigenvalue weighted by atomic mass is 10.2. The van der Waals surface area contributed by atoms with Crippen LogP contribution in [0.4, 0.5) is 18.9 Å². The van der Waals surface area contributed by atoms with E-state index in [1.165, 1.54) is 29.2 Å². The predicted octanol–water partition coefficient (Wildman–Crippen LogP) is 6.31. The zero-order chi connectivity index (χ0) is 18.6. The molecule has 1 amide bonds. The number of alkyl halides is 3. The molecule has 0 spiro atoms. The third-order valence-corrected chi connectivity index (χ3v) is 5.46. The number of amides is 1. The van der Waals surface area contributed by atoms with Crippen LogP contribution in [0.1, 0.15) is 20.8 Å². The Balaban J connectivity index is 1.59. The van der Waals surface area contributed by atoms with Crippen LogP contribution in [0.15, 0.2) is 70.9 Å². The van der Waals surface area contributed by atoms with Crippen molar-refractivity contribution in [3.63, 3.8) is 0 Å². The number of benzene rings is 2. The molecule has 0 fully saturated rings. The second-order valence-corrected chi connectivity index (χ2v) is 7.44. The molecule has 0 unspecified atom stereocenters. The van der Waals surface area contributed by atoms with Crippen LogP contribution in [-0.4, -0.2) is 5.91 Å². The predicted molar refractivity (Wildman–Crippen MR) is 99.7 cm³/mol. The van der Waals surface area contributed by atoms with Gasteiger partial charge in [0.05, 0.1) is 10.4 Å². The smallest absolute Gasteiger partial charge is 0.321 e. The second kappa shape index (κ2) is 7.97. The zero-order valence-electron chi connectivity index (χ0n) is 13.4. The molecule has 2 aromatic carbocycles. The molecule has 1 heterocycles. The Morgan fingerprint density at radius 2 is 1.81 bits per heavy atom. The van der Waals surface area contributed by atoms with E-state index < -0.39 is 11.7 Å². The van der Waals surface area contributed by atoms with Crippen molar-refractivity contribution in [2.45, 2.75) is 16.8 Å². The van der Waals surface area contributed by atoms with Crippen LogP contribution in [0.5, 0.6) is 0 Å². The fraction of sp³-hybridized carbons (Fsp3) is 0.105. The average Bonchev–Trinajstić information content (AvgIpc) is 3.15. The lowest BCUT2D eigenvalue weighted by molar-refractivity contribution is -0.137. The van der Waals surface area contributed by atoms with Gasteiger partial charge in [-0.1, -0.05) is 24.3 Å². The average molecular weight is 393 g/mol. The van der Waals surface area contributed by atoms with Gasteiger partial charge in [0.25, 0.3) is 5.91 Å². The summed E-state index contributed by atoms with van der Waals surface area (Å²) in [5.74, 6) is 0.381. The monoisotopic (exact) mass is 393 g/mol. The molecule has 0 aliphatic rings. The Bertz CT molecular complexity index is 875. The summed E-state index contributed by atoms with van der Waals surface area (Å²) in [4.78, 5) is 13.2. The summed E-state index contributed by atoms with van der Waals surface area (Å²) in [6.45, 7) is 0. The molecule has 3 aromatic rings. The van der Waals surface area contributed by atoms with Crippen LogP contribution < -0.4 is 5.32 Å². The number of thiophene rings is 1. The lowest BCUT2D eigenvalue weighted by Crippen LogP contribution is -2.09. The van der Waals surface area contributed by atoms with Gasteiger partial charge in [-0.25, -0.2) is 0 Å². The number of carbonyl (C=O) groups excluding carboxylic acids is 1. The van der Waals surface area contributed by atoms with Crippen molar-refractivity contribution in [1.29, 1.82) is 0 Å². The van der Waals surface area contributed by atoms with Gasteiger partial charge in [-0.2, -0.15) is 13.2 Å². The summed E-state index contributed by atoms with van der Waals surface area (Å²) in [6, 6.07) is 16.1. The molecule has 0 radical (unpaired) electrons. The molecule has 1 aromatic heterocycles. The fourth-order valence-electron chi connectivity index (χ4n) is 2.21. The molecule has 0 saturated carbocycles. The summed E-state index contributed by atoms with van der Waals surface area (Å²) >= 11 is 2.70. The number of hydrogen-bond acceptors (Lipinski definition) is 3.